The first kappa shape index (κ1) is 18.3. The minimum atomic E-state index is -0.308. The molecule has 0 aliphatic carbocycles. The fraction of sp³-hybridized carbons (Fsp3) is 0.0909. The zero-order valence-corrected chi connectivity index (χ0v) is 14.9. The fourth-order valence-electron chi connectivity index (χ4n) is 2.42. The maximum absolute atomic E-state index is 13.0. The molecule has 0 unspecified atom stereocenters. The van der Waals surface area contributed by atoms with Crippen molar-refractivity contribution in [3.05, 3.63) is 95.6 Å². The van der Waals surface area contributed by atoms with Crippen molar-refractivity contribution < 1.29 is 13.9 Å². The molecule has 0 fully saturated rings. The third kappa shape index (κ3) is 5.51. The Labute approximate surface area is 157 Å². The third-order valence-electron chi connectivity index (χ3n) is 3.83. The number of hydrogen-bond donors (Lipinski definition) is 1. The Morgan fingerprint density at radius 1 is 1.15 bits per heavy atom. The number of anilines is 1. The van der Waals surface area contributed by atoms with Gasteiger partial charge in [0, 0.05) is 35.3 Å². The van der Waals surface area contributed by atoms with Crippen LogP contribution in [-0.2, 0) is 11.4 Å². The van der Waals surface area contributed by atoms with Gasteiger partial charge in [-0.1, -0.05) is 24.3 Å². The van der Waals surface area contributed by atoms with Gasteiger partial charge in [0.05, 0.1) is 0 Å². The molecule has 27 heavy (non-hydrogen) atoms. The number of nitrogens with one attached hydrogen (secondary N) is 1. The van der Waals surface area contributed by atoms with Crippen molar-refractivity contribution in [3.8, 4) is 5.75 Å². The van der Waals surface area contributed by atoms with Gasteiger partial charge in [-0.3, -0.25) is 9.78 Å². The van der Waals surface area contributed by atoms with Crippen molar-refractivity contribution in [1.29, 1.82) is 0 Å². The van der Waals surface area contributed by atoms with E-state index in [0.717, 1.165) is 11.1 Å². The third-order valence-corrected chi connectivity index (χ3v) is 3.83. The number of carbonyl (C=O) groups is 1. The van der Waals surface area contributed by atoms with Gasteiger partial charge in [0.1, 0.15) is 18.2 Å². The van der Waals surface area contributed by atoms with Gasteiger partial charge in [0.15, 0.2) is 0 Å². The van der Waals surface area contributed by atoms with Gasteiger partial charge in [-0.05, 0) is 48.9 Å². The van der Waals surface area contributed by atoms with Crippen LogP contribution in [0.4, 0.5) is 10.1 Å². The van der Waals surface area contributed by atoms with E-state index in [0.29, 0.717) is 23.6 Å². The molecule has 1 aromatic heterocycles. The van der Waals surface area contributed by atoms with E-state index in [1.165, 1.54) is 12.1 Å². The molecular weight excluding hydrogens is 343 g/mol. The molecule has 0 atom stereocenters. The number of aromatic nitrogens is 1. The lowest BCUT2D eigenvalue weighted by Gasteiger charge is -2.09. The predicted molar refractivity (Wildman–Crippen MR) is 104 cm³/mol. The van der Waals surface area contributed by atoms with Gasteiger partial charge in [-0.25, -0.2) is 4.39 Å². The Hall–Kier alpha value is -3.47. The van der Waals surface area contributed by atoms with Crippen LogP contribution in [0.25, 0.3) is 6.08 Å². The summed E-state index contributed by atoms with van der Waals surface area (Å²) in [7, 11) is 0. The second kappa shape index (κ2) is 8.76. The number of hydrogen-bond acceptors (Lipinski definition) is 3. The summed E-state index contributed by atoms with van der Waals surface area (Å²) in [6.07, 6.45) is 5.16. The summed E-state index contributed by atoms with van der Waals surface area (Å²) in [5, 5.41) is 2.84. The largest absolute Gasteiger partial charge is 0.489 e. The Bertz CT molecular complexity index is 938. The second-order valence-electron chi connectivity index (χ2n) is 6.01. The first-order valence-electron chi connectivity index (χ1n) is 8.47. The summed E-state index contributed by atoms with van der Waals surface area (Å²) in [5.41, 5.74) is 2.88. The number of nitrogens with zero attached hydrogens (tertiary/aromatic N) is 1. The Morgan fingerprint density at radius 3 is 2.70 bits per heavy atom. The highest BCUT2D eigenvalue weighted by Gasteiger charge is 2.06. The smallest absolute Gasteiger partial charge is 0.251 e. The van der Waals surface area contributed by atoms with Crippen LogP contribution in [0.15, 0.2) is 78.6 Å². The van der Waals surface area contributed by atoms with Crippen LogP contribution in [-0.4, -0.2) is 10.9 Å². The molecule has 2 aromatic carbocycles. The molecule has 136 valence electrons. The summed E-state index contributed by atoms with van der Waals surface area (Å²) in [4.78, 5) is 16.4. The van der Waals surface area contributed by atoms with E-state index in [4.69, 9.17) is 4.74 Å². The molecule has 5 heteroatoms. The van der Waals surface area contributed by atoms with E-state index in [-0.39, 0.29) is 11.7 Å². The first-order valence-corrected chi connectivity index (χ1v) is 8.47. The monoisotopic (exact) mass is 362 g/mol. The Kier molecular flexibility index (Phi) is 5.94. The van der Waals surface area contributed by atoms with Crippen LogP contribution in [0, 0.1) is 5.82 Å². The highest BCUT2D eigenvalue weighted by Crippen LogP contribution is 2.19. The number of ether oxygens (including phenoxy) is 1. The number of carbonyl (C=O) groups excluding carboxylic acids is 1. The summed E-state index contributed by atoms with van der Waals surface area (Å²) >= 11 is 0. The molecule has 0 radical (unpaired) electrons. The highest BCUT2D eigenvalue weighted by molar-refractivity contribution is 6.06. The number of halogens is 1. The number of pyridine rings is 1. The van der Waals surface area contributed by atoms with Gasteiger partial charge >= 0.3 is 0 Å². The fourth-order valence-corrected chi connectivity index (χ4v) is 2.42. The number of benzene rings is 2. The molecule has 0 aliphatic heterocycles. The van der Waals surface area contributed by atoms with Crippen molar-refractivity contribution in [2.75, 3.05) is 5.32 Å². The van der Waals surface area contributed by atoms with Crippen molar-refractivity contribution in [1.82, 2.24) is 4.98 Å². The van der Waals surface area contributed by atoms with Crippen LogP contribution in [0.3, 0.4) is 0 Å². The van der Waals surface area contributed by atoms with E-state index >= 15 is 0 Å². The average molecular weight is 362 g/mol. The minimum Gasteiger partial charge on any atom is -0.489 e. The molecule has 0 bridgehead atoms. The number of rotatable bonds is 6. The summed E-state index contributed by atoms with van der Waals surface area (Å²) < 4.78 is 18.7. The zero-order valence-electron chi connectivity index (χ0n) is 14.9. The molecule has 0 saturated carbocycles. The van der Waals surface area contributed by atoms with Crippen LogP contribution >= 0.6 is 0 Å². The molecule has 1 amide bonds. The molecular formula is C22H19FN2O2. The van der Waals surface area contributed by atoms with Gasteiger partial charge in [-0.15, -0.1) is 0 Å². The molecule has 3 aromatic rings. The normalized spacial score (nSPS) is 11.1. The number of amides is 1. The lowest BCUT2D eigenvalue weighted by Crippen LogP contribution is -2.12. The Morgan fingerprint density at radius 2 is 1.96 bits per heavy atom. The Balaban J connectivity index is 1.62. The molecule has 0 spiro atoms. The summed E-state index contributed by atoms with van der Waals surface area (Å²) in [5.74, 6) is 0.109. The van der Waals surface area contributed by atoms with Crippen LogP contribution in [0.2, 0.25) is 0 Å². The molecule has 0 saturated heterocycles. The topological polar surface area (TPSA) is 51.2 Å². The maximum Gasteiger partial charge on any atom is 0.251 e. The minimum absolute atomic E-state index is 0.233. The van der Waals surface area contributed by atoms with Gasteiger partial charge in [0.25, 0.3) is 5.91 Å². The van der Waals surface area contributed by atoms with E-state index in [9.17, 15) is 9.18 Å². The van der Waals surface area contributed by atoms with Crippen molar-refractivity contribution in [3.63, 3.8) is 0 Å². The van der Waals surface area contributed by atoms with Crippen molar-refractivity contribution in [2.24, 2.45) is 0 Å². The quantitative estimate of drug-likeness (QED) is 0.638. The summed E-state index contributed by atoms with van der Waals surface area (Å²) in [6.45, 7) is 2.11. The molecule has 1 heterocycles. The molecule has 3 rings (SSSR count). The molecule has 4 nitrogen and oxygen atoms in total. The van der Waals surface area contributed by atoms with Crippen LogP contribution in [0.5, 0.6) is 5.75 Å². The van der Waals surface area contributed by atoms with E-state index < -0.39 is 0 Å². The standard InChI is InChI=1S/C22H19FN2O2/c1-16(12-17-7-9-19(23)10-8-17)22(26)25-20-5-2-6-21(13-20)27-15-18-4-3-11-24-14-18/h2-14H,15H2,1H3,(H,25,26)/b16-12+. The van der Waals surface area contributed by atoms with Crippen molar-refractivity contribution >= 4 is 17.7 Å². The van der Waals surface area contributed by atoms with Gasteiger partial charge in [-0.2, -0.15) is 0 Å². The second-order valence-corrected chi connectivity index (χ2v) is 6.01. The molecule has 1 N–H and O–H groups in total. The maximum atomic E-state index is 13.0. The first-order chi connectivity index (χ1) is 13.1. The van der Waals surface area contributed by atoms with E-state index in [1.54, 1.807) is 49.7 Å². The lowest BCUT2D eigenvalue weighted by molar-refractivity contribution is -0.112. The average Bonchev–Trinajstić information content (AvgIpc) is 2.69. The van der Waals surface area contributed by atoms with Crippen LogP contribution < -0.4 is 10.1 Å². The SMILES string of the molecule is C/C(=C\c1ccc(F)cc1)C(=O)Nc1cccc(OCc2cccnc2)c1. The highest BCUT2D eigenvalue weighted by atomic mass is 19.1. The van der Waals surface area contributed by atoms with Gasteiger partial charge < -0.3 is 10.1 Å². The molecule has 0 aliphatic rings. The zero-order chi connectivity index (χ0) is 19.1. The van der Waals surface area contributed by atoms with Crippen LogP contribution in [0.1, 0.15) is 18.1 Å². The van der Waals surface area contributed by atoms with E-state index in [1.807, 2.05) is 24.3 Å². The lowest BCUT2D eigenvalue weighted by atomic mass is 10.1. The van der Waals surface area contributed by atoms with E-state index in [2.05, 4.69) is 10.3 Å². The van der Waals surface area contributed by atoms with Gasteiger partial charge in [0.2, 0.25) is 0 Å². The summed E-state index contributed by atoms with van der Waals surface area (Å²) in [6, 6.07) is 17.0. The van der Waals surface area contributed by atoms with Crippen molar-refractivity contribution in [2.45, 2.75) is 13.5 Å². The predicted octanol–water partition coefficient (Wildman–Crippen LogP) is 4.84.